The van der Waals surface area contributed by atoms with Crippen LogP contribution in [0.25, 0.3) is 0 Å². The van der Waals surface area contributed by atoms with E-state index in [0.717, 1.165) is 44.7 Å². The largest absolute Gasteiger partial charge is 0.478 e. The van der Waals surface area contributed by atoms with Gasteiger partial charge in [-0.15, -0.1) is 0 Å². The Morgan fingerprint density at radius 2 is 1.76 bits per heavy atom. The summed E-state index contributed by atoms with van der Waals surface area (Å²) in [5, 5.41) is 9.15. The van der Waals surface area contributed by atoms with Gasteiger partial charge >= 0.3 is 5.97 Å². The Kier molecular flexibility index (Phi) is 5.84. The van der Waals surface area contributed by atoms with Gasteiger partial charge in [0.05, 0.1) is 5.56 Å². The molecular weight excluding hydrogens is 312 g/mol. The minimum absolute atomic E-state index is 0.367. The van der Waals surface area contributed by atoms with Crippen molar-refractivity contribution in [1.82, 2.24) is 9.80 Å². The monoisotopic (exact) mass is 338 g/mol. The van der Waals surface area contributed by atoms with Crippen LogP contribution in [0, 0.1) is 0 Å². The van der Waals surface area contributed by atoms with Gasteiger partial charge in [0.1, 0.15) is 0 Å². The Bertz CT molecular complexity index is 702. The Morgan fingerprint density at radius 1 is 1.00 bits per heavy atom. The fraction of sp³-hybridized carbons (Fsp3) is 0.381. The van der Waals surface area contributed by atoms with Gasteiger partial charge in [-0.05, 0) is 36.6 Å². The van der Waals surface area contributed by atoms with Crippen LogP contribution in [0.2, 0.25) is 0 Å². The molecule has 1 atom stereocenters. The van der Waals surface area contributed by atoms with E-state index in [4.69, 9.17) is 5.11 Å². The second-order valence-electron chi connectivity index (χ2n) is 6.88. The van der Waals surface area contributed by atoms with Crippen molar-refractivity contribution in [3.8, 4) is 0 Å². The Hall–Kier alpha value is -2.17. The first-order chi connectivity index (χ1) is 12.1. The number of carboxylic acid groups (broad SMARTS) is 1. The molecule has 0 aliphatic carbocycles. The van der Waals surface area contributed by atoms with Gasteiger partial charge < -0.3 is 5.11 Å². The van der Waals surface area contributed by atoms with Crippen molar-refractivity contribution >= 4 is 5.97 Å². The smallest absolute Gasteiger partial charge is 0.335 e. The lowest BCUT2D eigenvalue weighted by Crippen LogP contribution is -2.34. The number of aromatic carboxylic acids is 1. The average Bonchev–Trinajstić information content (AvgIpc) is 2.79. The zero-order valence-electron chi connectivity index (χ0n) is 14.8. The van der Waals surface area contributed by atoms with Crippen LogP contribution in [-0.4, -0.2) is 46.6 Å². The molecule has 1 aliphatic rings. The zero-order valence-corrected chi connectivity index (χ0v) is 14.8. The van der Waals surface area contributed by atoms with E-state index in [1.54, 1.807) is 12.1 Å². The van der Waals surface area contributed by atoms with E-state index >= 15 is 0 Å². The molecule has 0 radical (unpaired) electrons. The summed E-state index contributed by atoms with van der Waals surface area (Å²) in [6.45, 7) is 7.20. The average molecular weight is 338 g/mol. The summed E-state index contributed by atoms with van der Waals surface area (Å²) >= 11 is 0. The zero-order chi connectivity index (χ0) is 17.6. The van der Waals surface area contributed by atoms with Crippen LogP contribution in [0.5, 0.6) is 0 Å². The molecule has 1 fully saturated rings. The van der Waals surface area contributed by atoms with Crippen molar-refractivity contribution in [3.63, 3.8) is 0 Å². The van der Waals surface area contributed by atoms with Crippen LogP contribution in [0.4, 0.5) is 0 Å². The number of carbonyl (C=O) groups is 1. The highest BCUT2D eigenvalue weighted by Gasteiger charge is 2.21. The van der Waals surface area contributed by atoms with E-state index in [1.807, 2.05) is 12.1 Å². The highest BCUT2D eigenvalue weighted by atomic mass is 16.4. The van der Waals surface area contributed by atoms with Gasteiger partial charge in [-0.3, -0.25) is 9.80 Å². The Morgan fingerprint density at radius 3 is 2.52 bits per heavy atom. The maximum absolute atomic E-state index is 11.1. The predicted molar refractivity (Wildman–Crippen MR) is 99.6 cm³/mol. The van der Waals surface area contributed by atoms with Gasteiger partial charge in [0.15, 0.2) is 0 Å². The summed E-state index contributed by atoms with van der Waals surface area (Å²) in [7, 11) is 0. The number of rotatable bonds is 5. The lowest BCUT2D eigenvalue weighted by Gasteiger charge is -2.26. The standard InChI is InChI=1S/C21H26N2O2/c1-17-10-11-22(15-19-8-5-9-20(14-19)21(24)25)12-13-23(17)16-18-6-3-2-4-7-18/h2-9,14,17H,10-13,15-16H2,1H3,(H,24,25). The van der Waals surface area contributed by atoms with Crippen molar-refractivity contribution in [1.29, 1.82) is 0 Å². The minimum Gasteiger partial charge on any atom is -0.478 e. The molecule has 2 aromatic carbocycles. The fourth-order valence-corrected chi connectivity index (χ4v) is 3.43. The minimum atomic E-state index is -0.861. The summed E-state index contributed by atoms with van der Waals surface area (Å²) in [5.41, 5.74) is 2.80. The van der Waals surface area contributed by atoms with Crippen LogP contribution in [0.15, 0.2) is 54.6 Å². The summed E-state index contributed by atoms with van der Waals surface area (Å²) in [4.78, 5) is 16.1. The number of nitrogens with zero attached hydrogens (tertiary/aromatic N) is 2. The van der Waals surface area contributed by atoms with Crippen molar-refractivity contribution < 1.29 is 9.90 Å². The molecule has 0 aromatic heterocycles. The predicted octanol–water partition coefficient (Wildman–Crippen LogP) is 3.48. The Balaban J connectivity index is 1.61. The summed E-state index contributed by atoms with van der Waals surface area (Å²) in [6, 6.07) is 18.5. The highest BCUT2D eigenvalue weighted by molar-refractivity contribution is 5.87. The summed E-state index contributed by atoms with van der Waals surface area (Å²) < 4.78 is 0. The Labute approximate surface area is 149 Å². The number of hydrogen-bond acceptors (Lipinski definition) is 3. The van der Waals surface area contributed by atoms with E-state index in [0.29, 0.717) is 11.6 Å². The van der Waals surface area contributed by atoms with Crippen molar-refractivity contribution in [2.45, 2.75) is 32.5 Å². The van der Waals surface area contributed by atoms with Gasteiger partial charge in [-0.1, -0.05) is 42.5 Å². The molecule has 1 aliphatic heterocycles. The molecule has 4 nitrogen and oxygen atoms in total. The van der Waals surface area contributed by atoms with E-state index < -0.39 is 5.97 Å². The lowest BCUT2D eigenvalue weighted by atomic mass is 10.1. The lowest BCUT2D eigenvalue weighted by molar-refractivity contribution is 0.0696. The molecule has 1 unspecified atom stereocenters. The number of carboxylic acids is 1. The normalized spacial score (nSPS) is 19.5. The van der Waals surface area contributed by atoms with Crippen molar-refractivity contribution in [2.24, 2.45) is 0 Å². The quantitative estimate of drug-likeness (QED) is 0.906. The third kappa shape index (κ3) is 4.91. The molecule has 0 bridgehead atoms. The van der Waals surface area contributed by atoms with Gasteiger partial charge in [-0.2, -0.15) is 0 Å². The van der Waals surface area contributed by atoms with Crippen molar-refractivity contribution in [3.05, 3.63) is 71.3 Å². The van der Waals surface area contributed by atoms with E-state index in [2.05, 4.69) is 47.1 Å². The first-order valence-electron chi connectivity index (χ1n) is 8.94. The van der Waals surface area contributed by atoms with E-state index in [9.17, 15) is 4.79 Å². The fourth-order valence-electron chi connectivity index (χ4n) is 3.43. The third-order valence-electron chi connectivity index (χ3n) is 5.00. The maximum atomic E-state index is 11.1. The number of hydrogen-bond donors (Lipinski definition) is 1. The number of benzene rings is 2. The first kappa shape index (κ1) is 17.6. The van der Waals surface area contributed by atoms with Crippen LogP contribution < -0.4 is 0 Å². The van der Waals surface area contributed by atoms with Crippen LogP contribution >= 0.6 is 0 Å². The van der Waals surface area contributed by atoms with Gasteiger partial charge in [0.25, 0.3) is 0 Å². The second-order valence-corrected chi connectivity index (χ2v) is 6.88. The molecule has 3 rings (SSSR count). The van der Waals surface area contributed by atoms with Crippen LogP contribution in [-0.2, 0) is 13.1 Å². The maximum Gasteiger partial charge on any atom is 0.335 e. The molecule has 1 N–H and O–H groups in total. The topological polar surface area (TPSA) is 43.8 Å². The molecule has 25 heavy (non-hydrogen) atoms. The molecule has 4 heteroatoms. The van der Waals surface area contributed by atoms with Gasteiger partial charge in [0.2, 0.25) is 0 Å². The van der Waals surface area contributed by atoms with Crippen molar-refractivity contribution in [2.75, 3.05) is 19.6 Å². The van der Waals surface area contributed by atoms with Crippen LogP contribution in [0.1, 0.15) is 34.8 Å². The van der Waals surface area contributed by atoms with Gasteiger partial charge in [-0.25, -0.2) is 4.79 Å². The highest BCUT2D eigenvalue weighted by Crippen LogP contribution is 2.17. The molecule has 2 aromatic rings. The molecule has 0 amide bonds. The van der Waals surface area contributed by atoms with E-state index in [-0.39, 0.29) is 0 Å². The molecular formula is C21H26N2O2. The molecule has 1 saturated heterocycles. The molecule has 132 valence electrons. The van der Waals surface area contributed by atoms with E-state index in [1.165, 1.54) is 5.56 Å². The molecule has 1 heterocycles. The first-order valence-corrected chi connectivity index (χ1v) is 8.94. The second kappa shape index (κ2) is 8.28. The SMILES string of the molecule is CC1CCN(Cc2cccc(C(=O)O)c2)CCN1Cc1ccccc1. The molecule has 0 saturated carbocycles. The van der Waals surface area contributed by atoms with Gasteiger partial charge in [0, 0.05) is 38.8 Å². The third-order valence-corrected chi connectivity index (χ3v) is 5.00. The summed E-state index contributed by atoms with van der Waals surface area (Å²) in [6.07, 6.45) is 1.13. The summed E-state index contributed by atoms with van der Waals surface area (Å²) in [5.74, 6) is -0.861. The molecule has 0 spiro atoms. The van der Waals surface area contributed by atoms with Crippen LogP contribution in [0.3, 0.4) is 0 Å².